The highest BCUT2D eigenvalue weighted by Gasteiger charge is 2.31. The van der Waals surface area contributed by atoms with Gasteiger partial charge in [-0.25, -0.2) is 0 Å². The second-order valence-electron chi connectivity index (χ2n) is 13.7. The lowest BCUT2D eigenvalue weighted by molar-refractivity contribution is -0.921. The van der Waals surface area contributed by atoms with Gasteiger partial charge in [0.1, 0.15) is 6.54 Å². The second kappa shape index (κ2) is 19.5. The quantitative estimate of drug-likeness (QED) is 0.0520. The molecule has 0 bridgehead atoms. The maximum absolute atomic E-state index is 13.1. The Labute approximate surface area is 295 Å². The fraction of sp³-hybridized carbons (Fsp3) is 0.386. The van der Waals surface area contributed by atoms with Crippen molar-refractivity contribution in [2.75, 3.05) is 26.2 Å². The van der Waals surface area contributed by atoms with Crippen LogP contribution >= 0.6 is 11.3 Å². The van der Waals surface area contributed by atoms with Crippen LogP contribution in [0.15, 0.2) is 121 Å². The summed E-state index contributed by atoms with van der Waals surface area (Å²) in [6.45, 7) is 13.1. The first-order valence-corrected chi connectivity index (χ1v) is 19.5. The molecule has 0 aliphatic heterocycles. The fourth-order valence-electron chi connectivity index (χ4n) is 7.49. The Balaban J connectivity index is 0.000000217. The van der Waals surface area contributed by atoms with Crippen LogP contribution in [0.3, 0.4) is 0 Å². The third kappa shape index (κ3) is 9.80. The summed E-state index contributed by atoms with van der Waals surface area (Å²) in [5.41, 5.74) is 4.33. The lowest BCUT2D eigenvalue weighted by Crippen LogP contribution is -2.66. The molecule has 48 heavy (non-hydrogen) atoms. The Morgan fingerprint density at radius 3 is 1.40 bits per heavy atom. The van der Waals surface area contributed by atoms with E-state index in [1.165, 1.54) is 84.2 Å². The number of ketones is 1. The van der Waals surface area contributed by atoms with Crippen LogP contribution in [0, 0.1) is 0 Å². The highest BCUT2D eigenvalue weighted by Crippen LogP contribution is 2.27. The number of fused-ring (bicyclic) bond motifs is 1. The summed E-state index contributed by atoms with van der Waals surface area (Å²) in [7, 11) is 0. The summed E-state index contributed by atoms with van der Waals surface area (Å²) in [5, 5.41) is 1.20. The minimum absolute atomic E-state index is 0.338. The number of thiophene rings is 1. The van der Waals surface area contributed by atoms with E-state index in [9.17, 15) is 4.79 Å². The van der Waals surface area contributed by atoms with Gasteiger partial charge in [-0.15, -0.1) is 11.3 Å². The van der Waals surface area contributed by atoms with E-state index < -0.39 is 6.15 Å². The SMILES string of the molecule is CCCC[B-](c1ccccc1)(c1ccccc1)c1ccccc1.CCCC[N+](CCCC)(CCCC)CC(=O)c1cc2ccccc2s1. The van der Waals surface area contributed by atoms with Gasteiger partial charge in [-0.1, -0.05) is 169 Å². The maximum Gasteiger partial charge on any atom is 0.226 e. The van der Waals surface area contributed by atoms with Crippen molar-refractivity contribution < 1.29 is 9.28 Å². The van der Waals surface area contributed by atoms with Gasteiger partial charge >= 0.3 is 0 Å². The molecule has 0 saturated heterocycles. The molecule has 4 heteroatoms. The minimum Gasteiger partial charge on any atom is -0.317 e. The van der Waals surface area contributed by atoms with Gasteiger partial charge in [0.2, 0.25) is 5.78 Å². The Hall–Kier alpha value is -3.47. The van der Waals surface area contributed by atoms with Crippen LogP contribution in [-0.2, 0) is 0 Å². The van der Waals surface area contributed by atoms with Gasteiger partial charge in [0.05, 0.1) is 30.7 Å². The molecule has 0 spiro atoms. The zero-order chi connectivity index (χ0) is 34.1. The predicted molar refractivity (Wildman–Crippen MR) is 214 cm³/mol. The largest absolute Gasteiger partial charge is 0.317 e. The van der Waals surface area contributed by atoms with Crippen LogP contribution in [0.5, 0.6) is 0 Å². The van der Waals surface area contributed by atoms with Crippen molar-refractivity contribution in [2.45, 2.75) is 85.4 Å². The topological polar surface area (TPSA) is 17.1 Å². The van der Waals surface area contributed by atoms with Crippen LogP contribution in [-0.4, -0.2) is 42.6 Å². The number of hydrogen-bond acceptors (Lipinski definition) is 2. The van der Waals surface area contributed by atoms with E-state index in [-0.39, 0.29) is 0 Å². The summed E-state index contributed by atoms with van der Waals surface area (Å²) in [6, 6.07) is 43.6. The first kappa shape index (κ1) is 37.4. The van der Waals surface area contributed by atoms with Gasteiger partial charge in [0.25, 0.3) is 0 Å². The third-order valence-electron chi connectivity index (χ3n) is 10.2. The van der Waals surface area contributed by atoms with E-state index in [4.69, 9.17) is 0 Å². The number of carbonyl (C=O) groups is 1. The average molecular weight is 660 g/mol. The van der Waals surface area contributed by atoms with Gasteiger partial charge in [0, 0.05) is 4.70 Å². The average Bonchev–Trinajstić information content (AvgIpc) is 3.59. The van der Waals surface area contributed by atoms with Crippen LogP contribution in [0.4, 0.5) is 0 Å². The molecule has 0 aliphatic rings. The Kier molecular flexibility index (Phi) is 15.2. The molecular formula is C44H58BNOS. The molecule has 0 N–H and O–H groups in total. The maximum atomic E-state index is 13.1. The molecular weight excluding hydrogens is 601 g/mol. The van der Waals surface area contributed by atoms with Crippen LogP contribution in [0.1, 0.15) is 88.7 Å². The molecule has 5 rings (SSSR count). The molecule has 254 valence electrons. The molecule has 1 heterocycles. The van der Waals surface area contributed by atoms with E-state index in [0.717, 1.165) is 29.0 Å². The highest BCUT2D eigenvalue weighted by atomic mass is 32.1. The molecule has 0 unspecified atom stereocenters. The summed E-state index contributed by atoms with van der Waals surface area (Å²) in [6.07, 6.45) is 9.99. The number of Topliss-reactive ketones (excluding diaryl/α,β-unsaturated/α-hetero) is 1. The summed E-state index contributed by atoms with van der Waals surface area (Å²) < 4.78 is 2.21. The first-order valence-electron chi connectivity index (χ1n) is 18.7. The lowest BCUT2D eigenvalue weighted by atomic mass is 9.14. The van der Waals surface area contributed by atoms with Crippen molar-refractivity contribution in [1.29, 1.82) is 0 Å². The third-order valence-corrected chi connectivity index (χ3v) is 11.4. The molecule has 0 fully saturated rings. The molecule has 0 atom stereocenters. The molecule has 0 radical (unpaired) electrons. The van der Waals surface area contributed by atoms with Gasteiger partial charge in [0.15, 0.2) is 0 Å². The zero-order valence-corrected chi connectivity index (χ0v) is 30.9. The lowest BCUT2D eigenvalue weighted by Gasteiger charge is -2.43. The van der Waals surface area contributed by atoms with Crippen molar-refractivity contribution in [3.05, 3.63) is 126 Å². The molecule has 5 aromatic rings. The Bertz CT molecular complexity index is 1460. The molecule has 1 aromatic heterocycles. The number of unbranched alkanes of at least 4 members (excludes halogenated alkanes) is 4. The first-order chi connectivity index (χ1) is 23.5. The van der Waals surface area contributed by atoms with E-state index in [2.05, 4.69) is 143 Å². The number of benzene rings is 4. The summed E-state index contributed by atoms with van der Waals surface area (Å²) in [4.78, 5) is 14.1. The predicted octanol–water partition coefficient (Wildman–Crippen LogP) is 10.3. The summed E-state index contributed by atoms with van der Waals surface area (Å²) >= 11 is 1.66. The number of rotatable bonds is 18. The normalized spacial score (nSPS) is 11.7. The van der Waals surface area contributed by atoms with Gasteiger partial charge < -0.3 is 4.48 Å². The van der Waals surface area contributed by atoms with Crippen molar-refractivity contribution >= 4 is 49.7 Å². The number of nitrogens with zero attached hydrogens (tertiary/aromatic N) is 1. The highest BCUT2D eigenvalue weighted by molar-refractivity contribution is 7.20. The smallest absolute Gasteiger partial charge is 0.226 e. The second-order valence-corrected chi connectivity index (χ2v) is 14.8. The van der Waals surface area contributed by atoms with Crippen LogP contribution in [0.2, 0.25) is 6.32 Å². The van der Waals surface area contributed by atoms with Crippen molar-refractivity contribution in [1.82, 2.24) is 0 Å². The van der Waals surface area contributed by atoms with Crippen molar-refractivity contribution in [3.63, 3.8) is 0 Å². The molecule has 4 aromatic carbocycles. The van der Waals surface area contributed by atoms with Crippen molar-refractivity contribution in [3.8, 4) is 0 Å². The van der Waals surface area contributed by atoms with E-state index in [1.54, 1.807) is 11.3 Å². The van der Waals surface area contributed by atoms with E-state index in [0.29, 0.717) is 12.3 Å². The molecule has 0 amide bonds. The molecule has 0 saturated carbocycles. The molecule has 2 nitrogen and oxygen atoms in total. The van der Waals surface area contributed by atoms with Gasteiger partial charge in [-0.05, 0) is 36.8 Å². The van der Waals surface area contributed by atoms with E-state index in [1.807, 2.05) is 6.07 Å². The number of hydrogen-bond donors (Lipinski definition) is 0. The standard InChI is InChI=1S/C22H24B.C22H34NOS/c1-2-3-19-23(20-13-7-4-8-14-20,21-15-9-5-10-16-21)22-17-11-6-12-18-22;1-4-7-14-23(15-8-5-2,16-9-6-3)18-20(24)22-17-19-12-10-11-13-21(19)25-22/h4-18H,2-3,19H2,1H3;10-13,17H,4-9,14-16,18H2,1-3H3/q-1;+1. The number of quaternary nitrogens is 1. The van der Waals surface area contributed by atoms with E-state index >= 15 is 0 Å². The minimum atomic E-state index is -0.913. The summed E-state index contributed by atoms with van der Waals surface area (Å²) in [5.74, 6) is 0.338. The van der Waals surface area contributed by atoms with Gasteiger partial charge in [-0.3, -0.25) is 4.79 Å². The number of carbonyl (C=O) groups excluding carboxylic acids is 1. The fourth-order valence-corrected chi connectivity index (χ4v) is 8.48. The van der Waals surface area contributed by atoms with Gasteiger partial charge in [-0.2, -0.15) is 22.7 Å². The van der Waals surface area contributed by atoms with Crippen LogP contribution < -0.4 is 16.4 Å². The zero-order valence-electron chi connectivity index (χ0n) is 30.1. The molecule has 0 aliphatic carbocycles. The Morgan fingerprint density at radius 1 is 0.562 bits per heavy atom. The van der Waals surface area contributed by atoms with Crippen molar-refractivity contribution in [2.24, 2.45) is 0 Å². The van der Waals surface area contributed by atoms with Crippen LogP contribution in [0.25, 0.3) is 10.1 Å². The Morgan fingerprint density at radius 2 is 0.979 bits per heavy atom. The monoisotopic (exact) mass is 659 g/mol.